The summed E-state index contributed by atoms with van der Waals surface area (Å²) in [5, 5.41) is 33.7. The molecule has 152 valence electrons. The lowest BCUT2D eigenvalue weighted by Crippen LogP contribution is -1.99. The van der Waals surface area contributed by atoms with Gasteiger partial charge >= 0.3 is 0 Å². The Morgan fingerprint density at radius 3 is 2.17 bits per heavy atom. The molecule has 0 aliphatic carbocycles. The summed E-state index contributed by atoms with van der Waals surface area (Å²) in [5.74, 6) is -0.724. The summed E-state index contributed by atoms with van der Waals surface area (Å²) in [5.41, 5.74) is 1.12. The maximum absolute atomic E-state index is 11.7. The van der Waals surface area contributed by atoms with Crippen LogP contribution in [0.3, 0.4) is 0 Å². The van der Waals surface area contributed by atoms with Crippen molar-refractivity contribution < 1.29 is 23.2 Å². The molecule has 0 saturated heterocycles. The molecule has 0 amide bonds. The van der Waals surface area contributed by atoms with E-state index in [0.717, 1.165) is 6.07 Å². The van der Waals surface area contributed by atoms with Crippen molar-refractivity contribution in [2.45, 2.75) is 11.8 Å². The number of benzene rings is 3. The third-order valence-corrected chi connectivity index (χ3v) is 5.39. The minimum absolute atomic E-state index is 0.00994. The van der Waals surface area contributed by atoms with E-state index >= 15 is 0 Å². The van der Waals surface area contributed by atoms with Gasteiger partial charge in [-0.3, -0.25) is 4.55 Å². The standard InChI is InChI=1S/C20H16N4O5S/c1-12-18(20(26)24(23-12)13-7-3-2-4-8-13)21-22-19-15-10-6-5-9-14(15)17(11-16(19)25)30(27,28)29/h2-11,25-26H,1H3,(H,27,28,29)/b22-21+. The van der Waals surface area contributed by atoms with E-state index in [0.29, 0.717) is 11.4 Å². The SMILES string of the molecule is Cc1nn(-c2ccccc2)c(O)c1/N=N/c1c(O)cc(S(=O)(=O)O)c2ccccc12. The second-order valence-electron chi connectivity index (χ2n) is 6.47. The van der Waals surface area contributed by atoms with Crippen LogP contribution in [0.2, 0.25) is 0 Å². The number of aromatic nitrogens is 2. The van der Waals surface area contributed by atoms with Crippen molar-refractivity contribution in [2.24, 2.45) is 10.2 Å². The molecule has 10 heteroatoms. The number of azo groups is 1. The molecule has 0 bridgehead atoms. The third kappa shape index (κ3) is 3.38. The Morgan fingerprint density at radius 1 is 0.900 bits per heavy atom. The lowest BCUT2D eigenvalue weighted by Gasteiger charge is -2.08. The highest BCUT2D eigenvalue weighted by Crippen LogP contribution is 2.41. The van der Waals surface area contributed by atoms with Crippen LogP contribution in [0.25, 0.3) is 16.5 Å². The van der Waals surface area contributed by atoms with Gasteiger partial charge in [0.1, 0.15) is 16.3 Å². The van der Waals surface area contributed by atoms with Gasteiger partial charge in [-0.25, -0.2) is 0 Å². The Morgan fingerprint density at radius 2 is 1.50 bits per heavy atom. The summed E-state index contributed by atoms with van der Waals surface area (Å²) in [6.07, 6.45) is 0. The maximum atomic E-state index is 11.7. The van der Waals surface area contributed by atoms with Crippen LogP contribution in [-0.4, -0.2) is 33.0 Å². The first-order valence-electron chi connectivity index (χ1n) is 8.75. The fourth-order valence-electron chi connectivity index (χ4n) is 3.10. The second kappa shape index (κ2) is 7.25. The maximum Gasteiger partial charge on any atom is 0.295 e. The van der Waals surface area contributed by atoms with Crippen molar-refractivity contribution in [3.05, 3.63) is 66.4 Å². The number of rotatable bonds is 4. The Hall–Kier alpha value is -3.76. The van der Waals surface area contributed by atoms with E-state index < -0.39 is 20.8 Å². The largest absolute Gasteiger partial charge is 0.506 e. The number of para-hydroxylation sites is 1. The number of phenolic OH excluding ortho intramolecular Hbond substituents is 1. The van der Waals surface area contributed by atoms with Crippen LogP contribution in [0.5, 0.6) is 11.6 Å². The molecule has 0 saturated carbocycles. The van der Waals surface area contributed by atoms with Crippen molar-refractivity contribution in [3.63, 3.8) is 0 Å². The van der Waals surface area contributed by atoms with E-state index in [1.54, 1.807) is 43.3 Å². The zero-order chi connectivity index (χ0) is 21.5. The molecule has 0 aliphatic heterocycles. The van der Waals surface area contributed by atoms with Gasteiger partial charge in [-0.15, -0.1) is 10.2 Å². The van der Waals surface area contributed by atoms with Crippen molar-refractivity contribution in [1.82, 2.24) is 9.78 Å². The zero-order valence-electron chi connectivity index (χ0n) is 15.6. The van der Waals surface area contributed by atoms with Crippen molar-refractivity contribution in [2.75, 3.05) is 0 Å². The molecular formula is C20H16N4O5S. The lowest BCUT2D eigenvalue weighted by molar-refractivity contribution is 0.434. The van der Waals surface area contributed by atoms with Gasteiger partial charge in [0.25, 0.3) is 10.1 Å². The number of fused-ring (bicyclic) bond motifs is 1. The molecule has 0 unspecified atom stereocenters. The van der Waals surface area contributed by atoms with Gasteiger partial charge in [0.2, 0.25) is 5.88 Å². The van der Waals surface area contributed by atoms with E-state index in [4.69, 9.17) is 0 Å². The van der Waals surface area contributed by atoms with E-state index in [9.17, 15) is 23.2 Å². The number of hydrogen-bond donors (Lipinski definition) is 3. The summed E-state index contributed by atoms with van der Waals surface area (Å²) < 4.78 is 34.1. The van der Waals surface area contributed by atoms with Gasteiger partial charge in [0.05, 0.1) is 11.4 Å². The Kier molecular flexibility index (Phi) is 4.72. The molecular weight excluding hydrogens is 408 g/mol. The van der Waals surface area contributed by atoms with Crippen LogP contribution in [0.4, 0.5) is 11.4 Å². The average molecular weight is 424 g/mol. The number of aromatic hydroxyl groups is 2. The minimum Gasteiger partial charge on any atom is -0.506 e. The van der Waals surface area contributed by atoms with E-state index in [1.807, 2.05) is 6.07 Å². The van der Waals surface area contributed by atoms with E-state index in [-0.39, 0.29) is 28.0 Å². The molecule has 0 atom stereocenters. The molecule has 1 heterocycles. The molecule has 3 aromatic carbocycles. The first-order valence-corrected chi connectivity index (χ1v) is 10.2. The predicted octanol–water partition coefficient (Wildman–Crippen LogP) is 4.41. The molecule has 1 aromatic heterocycles. The van der Waals surface area contributed by atoms with Gasteiger partial charge in [-0.1, -0.05) is 42.5 Å². The molecule has 0 aliphatic rings. The first kappa shape index (κ1) is 19.6. The quantitative estimate of drug-likeness (QED) is 0.328. The van der Waals surface area contributed by atoms with Crippen LogP contribution >= 0.6 is 0 Å². The van der Waals surface area contributed by atoms with Crippen molar-refractivity contribution >= 4 is 32.3 Å². The summed E-state index contributed by atoms with van der Waals surface area (Å²) in [7, 11) is -4.56. The molecule has 0 spiro atoms. The molecule has 4 aromatic rings. The fourth-order valence-corrected chi connectivity index (χ4v) is 3.82. The Bertz CT molecular complexity index is 1400. The highest BCUT2D eigenvalue weighted by molar-refractivity contribution is 7.86. The molecule has 0 radical (unpaired) electrons. The van der Waals surface area contributed by atoms with Gasteiger partial charge in [-0.2, -0.15) is 18.2 Å². The van der Waals surface area contributed by atoms with Crippen LogP contribution in [-0.2, 0) is 10.1 Å². The van der Waals surface area contributed by atoms with Gasteiger partial charge in [0, 0.05) is 16.8 Å². The lowest BCUT2D eigenvalue weighted by atomic mass is 10.1. The summed E-state index contributed by atoms with van der Waals surface area (Å²) in [6, 6.07) is 16.1. The molecule has 30 heavy (non-hydrogen) atoms. The van der Waals surface area contributed by atoms with Crippen LogP contribution < -0.4 is 0 Å². The van der Waals surface area contributed by atoms with E-state index in [2.05, 4.69) is 15.3 Å². The van der Waals surface area contributed by atoms with Gasteiger partial charge in [0.15, 0.2) is 5.69 Å². The van der Waals surface area contributed by atoms with Crippen molar-refractivity contribution in [1.29, 1.82) is 0 Å². The predicted molar refractivity (Wildman–Crippen MR) is 110 cm³/mol. The number of nitrogens with zero attached hydrogens (tertiary/aromatic N) is 4. The monoisotopic (exact) mass is 424 g/mol. The molecule has 0 fully saturated rings. The molecule has 9 nitrogen and oxygen atoms in total. The number of hydrogen-bond acceptors (Lipinski definition) is 7. The number of phenols is 1. The smallest absolute Gasteiger partial charge is 0.295 e. The summed E-state index contributed by atoms with van der Waals surface area (Å²) >= 11 is 0. The normalized spacial score (nSPS) is 12.1. The van der Waals surface area contributed by atoms with Crippen LogP contribution in [0.1, 0.15) is 5.69 Å². The van der Waals surface area contributed by atoms with E-state index in [1.165, 1.54) is 16.8 Å². The Labute approximate surface area is 171 Å². The number of aryl methyl sites for hydroxylation is 1. The minimum atomic E-state index is -4.56. The third-order valence-electron chi connectivity index (χ3n) is 4.49. The Balaban J connectivity index is 1.85. The van der Waals surface area contributed by atoms with Crippen LogP contribution in [0, 0.1) is 6.92 Å². The first-order chi connectivity index (χ1) is 14.3. The van der Waals surface area contributed by atoms with Crippen molar-refractivity contribution in [3.8, 4) is 17.3 Å². The van der Waals surface area contributed by atoms with Crippen LogP contribution in [0.15, 0.2) is 75.8 Å². The molecule has 3 N–H and O–H groups in total. The van der Waals surface area contributed by atoms with Gasteiger partial charge < -0.3 is 10.2 Å². The second-order valence-corrected chi connectivity index (χ2v) is 7.86. The molecule has 4 rings (SSSR count). The fraction of sp³-hybridized carbons (Fsp3) is 0.0500. The zero-order valence-corrected chi connectivity index (χ0v) is 16.4. The topological polar surface area (TPSA) is 137 Å². The highest BCUT2D eigenvalue weighted by atomic mass is 32.2. The highest BCUT2D eigenvalue weighted by Gasteiger charge is 2.20. The summed E-state index contributed by atoms with van der Waals surface area (Å²) in [4.78, 5) is -0.439. The average Bonchev–Trinajstić information content (AvgIpc) is 3.00. The summed E-state index contributed by atoms with van der Waals surface area (Å²) in [6.45, 7) is 1.65. The van der Waals surface area contributed by atoms with Gasteiger partial charge in [-0.05, 0) is 19.1 Å².